The Balaban J connectivity index is 1.29. The minimum Gasteiger partial charge on any atom is -0.462 e. The van der Waals surface area contributed by atoms with Gasteiger partial charge in [0.15, 0.2) is 0 Å². The third-order valence-electron chi connectivity index (χ3n) is 8.13. The van der Waals surface area contributed by atoms with Crippen LogP contribution in [0, 0.1) is 12.8 Å². The van der Waals surface area contributed by atoms with E-state index in [-0.39, 0.29) is 36.1 Å². The van der Waals surface area contributed by atoms with Gasteiger partial charge in [-0.25, -0.2) is 18.8 Å². The molecule has 0 saturated carbocycles. The van der Waals surface area contributed by atoms with Crippen molar-refractivity contribution in [2.45, 2.75) is 52.5 Å². The Kier molecular flexibility index (Phi) is 9.09. The van der Waals surface area contributed by atoms with Crippen LogP contribution in [0.15, 0.2) is 83.9 Å². The summed E-state index contributed by atoms with van der Waals surface area (Å²) in [7, 11) is 0. The molecule has 1 N–H and O–H groups in total. The predicted molar refractivity (Wildman–Crippen MR) is 168 cm³/mol. The Morgan fingerprint density at radius 2 is 1.65 bits per heavy atom. The van der Waals surface area contributed by atoms with Crippen LogP contribution in [0.4, 0.5) is 11.4 Å². The van der Waals surface area contributed by atoms with Crippen LogP contribution in [0.1, 0.15) is 67.1 Å². The number of benzene rings is 3. The molecule has 224 valence electrons. The maximum atomic E-state index is 13.8. The van der Waals surface area contributed by atoms with Crippen molar-refractivity contribution in [3.05, 3.63) is 106 Å². The van der Waals surface area contributed by atoms with Crippen LogP contribution in [0.3, 0.4) is 0 Å². The van der Waals surface area contributed by atoms with Crippen molar-refractivity contribution in [2.24, 2.45) is 5.92 Å². The van der Waals surface area contributed by atoms with E-state index in [9.17, 15) is 14.4 Å². The molecule has 1 unspecified atom stereocenters. The van der Waals surface area contributed by atoms with Crippen LogP contribution in [0.25, 0.3) is 5.69 Å². The van der Waals surface area contributed by atoms with Gasteiger partial charge in [0.05, 0.1) is 29.8 Å². The minimum absolute atomic E-state index is 0.00456. The Labute approximate surface area is 252 Å². The van der Waals surface area contributed by atoms with Crippen molar-refractivity contribution < 1.29 is 14.3 Å². The van der Waals surface area contributed by atoms with Crippen molar-refractivity contribution in [1.29, 1.82) is 0 Å². The first-order valence-corrected chi connectivity index (χ1v) is 14.9. The highest BCUT2D eigenvalue weighted by Gasteiger charge is 2.33. The number of esters is 1. The molecule has 1 atom stereocenters. The molecule has 1 fully saturated rings. The van der Waals surface area contributed by atoms with E-state index >= 15 is 0 Å². The topological polar surface area (TPSA) is 98.5 Å². The van der Waals surface area contributed by atoms with E-state index in [1.807, 2.05) is 87.5 Å². The largest absolute Gasteiger partial charge is 0.462 e. The summed E-state index contributed by atoms with van der Waals surface area (Å²) in [6, 6.07) is 23.2. The van der Waals surface area contributed by atoms with Crippen LogP contribution in [0.2, 0.25) is 0 Å². The number of aromatic nitrogens is 3. The minimum atomic E-state index is -0.395. The zero-order valence-corrected chi connectivity index (χ0v) is 25.2. The number of aryl methyl sites for hydroxylation is 1. The third kappa shape index (κ3) is 6.56. The molecule has 4 aromatic rings. The highest BCUT2D eigenvalue weighted by Crippen LogP contribution is 2.35. The second-order valence-corrected chi connectivity index (χ2v) is 11.3. The maximum Gasteiger partial charge on any atom is 0.350 e. The second kappa shape index (κ2) is 13.1. The van der Waals surface area contributed by atoms with Crippen LogP contribution < -0.4 is 15.9 Å². The molecule has 1 aliphatic heterocycles. The summed E-state index contributed by atoms with van der Waals surface area (Å²) < 4.78 is 8.22. The summed E-state index contributed by atoms with van der Waals surface area (Å²) in [4.78, 5) is 41.2. The predicted octanol–water partition coefficient (Wildman–Crippen LogP) is 5.74. The van der Waals surface area contributed by atoms with E-state index in [0.29, 0.717) is 11.3 Å². The smallest absolute Gasteiger partial charge is 0.350 e. The fourth-order valence-corrected chi connectivity index (χ4v) is 5.81. The molecule has 43 heavy (non-hydrogen) atoms. The molecule has 9 nitrogen and oxygen atoms in total. The number of carbonyl (C=O) groups excluding carboxylic acids is 2. The number of ether oxygens (including phenoxy) is 1. The van der Waals surface area contributed by atoms with Crippen LogP contribution in [-0.4, -0.2) is 45.9 Å². The number of anilines is 2. The lowest BCUT2D eigenvalue weighted by Crippen LogP contribution is -2.38. The summed E-state index contributed by atoms with van der Waals surface area (Å²) >= 11 is 0. The molecule has 0 spiro atoms. The van der Waals surface area contributed by atoms with Gasteiger partial charge in [0.1, 0.15) is 6.33 Å². The average Bonchev–Trinajstić information content (AvgIpc) is 3.41. The van der Waals surface area contributed by atoms with E-state index in [1.165, 1.54) is 4.68 Å². The highest BCUT2D eigenvalue weighted by atomic mass is 16.5. The van der Waals surface area contributed by atoms with Crippen molar-refractivity contribution >= 4 is 23.3 Å². The summed E-state index contributed by atoms with van der Waals surface area (Å²) in [5.41, 5.74) is 4.51. The lowest BCUT2D eigenvalue weighted by Gasteiger charge is -2.37. The maximum absolute atomic E-state index is 13.8. The van der Waals surface area contributed by atoms with E-state index < -0.39 is 5.97 Å². The van der Waals surface area contributed by atoms with Crippen molar-refractivity contribution in [2.75, 3.05) is 29.9 Å². The number of hydrogen-bond donors (Lipinski definition) is 1. The van der Waals surface area contributed by atoms with Gasteiger partial charge >= 0.3 is 11.7 Å². The summed E-state index contributed by atoms with van der Waals surface area (Å²) in [5.74, 6) is -0.662. The molecule has 0 radical (unpaired) electrons. The number of rotatable bonds is 9. The number of nitrogens with one attached hydrogen (secondary N) is 1. The third-order valence-corrected chi connectivity index (χ3v) is 8.13. The molecule has 1 amide bonds. The van der Waals surface area contributed by atoms with Gasteiger partial charge in [0.25, 0.3) is 0 Å². The first-order chi connectivity index (χ1) is 20.8. The highest BCUT2D eigenvalue weighted by molar-refractivity contribution is 5.98. The van der Waals surface area contributed by atoms with E-state index in [2.05, 4.69) is 15.3 Å². The number of amides is 1. The Morgan fingerprint density at radius 1 is 0.977 bits per heavy atom. The number of piperidine rings is 1. The summed E-state index contributed by atoms with van der Waals surface area (Å²) in [6.07, 6.45) is 3.25. The van der Waals surface area contributed by atoms with Crippen molar-refractivity contribution in [1.82, 2.24) is 14.3 Å². The summed E-state index contributed by atoms with van der Waals surface area (Å²) in [6.45, 7) is 9.40. The van der Waals surface area contributed by atoms with E-state index in [4.69, 9.17) is 4.74 Å². The van der Waals surface area contributed by atoms with Gasteiger partial charge in [0.2, 0.25) is 5.91 Å². The first-order valence-electron chi connectivity index (χ1n) is 14.9. The van der Waals surface area contributed by atoms with Gasteiger partial charge in [-0.3, -0.25) is 4.79 Å². The van der Waals surface area contributed by atoms with Gasteiger partial charge < -0.3 is 15.0 Å². The van der Waals surface area contributed by atoms with Crippen LogP contribution in [0.5, 0.6) is 0 Å². The molecule has 2 heterocycles. The number of hydrogen-bond acceptors (Lipinski definition) is 6. The normalized spacial score (nSPS) is 14.5. The zero-order valence-electron chi connectivity index (χ0n) is 25.2. The van der Waals surface area contributed by atoms with Gasteiger partial charge in [-0.05, 0) is 94.0 Å². The molecule has 1 aromatic heterocycles. The van der Waals surface area contributed by atoms with Gasteiger partial charge in [0, 0.05) is 24.5 Å². The Morgan fingerprint density at radius 3 is 2.28 bits per heavy atom. The van der Waals surface area contributed by atoms with Crippen molar-refractivity contribution in [3.8, 4) is 5.69 Å². The Bertz CT molecular complexity index is 1620. The van der Waals surface area contributed by atoms with E-state index in [0.717, 1.165) is 48.4 Å². The second-order valence-electron chi connectivity index (χ2n) is 11.3. The van der Waals surface area contributed by atoms with Crippen molar-refractivity contribution in [3.63, 3.8) is 0 Å². The van der Waals surface area contributed by atoms with Crippen LogP contribution in [-0.2, 0) is 9.53 Å². The molecule has 5 rings (SSSR count). The fourth-order valence-electron chi connectivity index (χ4n) is 5.81. The molecule has 0 bridgehead atoms. The number of nitrogens with zero attached hydrogens (tertiary/aromatic N) is 4. The standard InChI is InChI=1S/C34H39N5O4/c1-5-43-33(41)30-21-27(12-11-24(30)4)36-32(40)31(25-9-7-6-8-10-25)26-17-19-37(20-18-26)28-13-15-29(16-14-28)38-22-35-39(23(2)3)34(38)42/h6-16,21-23,26,31H,5,17-20H2,1-4H3,(H,36,40). The Hall–Kier alpha value is -4.66. The molecular formula is C34H39N5O4. The zero-order chi connectivity index (χ0) is 30.5. The summed E-state index contributed by atoms with van der Waals surface area (Å²) in [5, 5.41) is 7.31. The van der Waals surface area contributed by atoms with Gasteiger partial charge in [-0.1, -0.05) is 36.4 Å². The number of carbonyl (C=O) groups is 2. The lowest BCUT2D eigenvalue weighted by atomic mass is 9.79. The van der Waals surface area contributed by atoms with Crippen LogP contribution >= 0.6 is 0 Å². The fraction of sp³-hybridized carbons (Fsp3) is 0.353. The lowest BCUT2D eigenvalue weighted by molar-refractivity contribution is -0.119. The monoisotopic (exact) mass is 581 g/mol. The van der Waals surface area contributed by atoms with Gasteiger partial charge in [-0.15, -0.1) is 0 Å². The quantitative estimate of drug-likeness (QED) is 0.253. The molecule has 1 saturated heterocycles. The molecule has 1 aliphatic rings. The molecule has 9 heteroatoms. The SMILES string of the molecule is CCOC(=O)c1cc(NC(=O)C(c2ccccc2)C2CCN(c3ccc(-n4cnn(C(C)C)c4=O)cc3)CC2)ccc1C. The molecular weight excluding hydrogens is 542 g/mol. The first kappa shape index (κ1) is 29.8. The molecule has 3 aromatic carbocycles. The van der Waals surface area contributed by atoms with Gasteiger partial charge in [-0.2, -0.15) is 5.10 Å². The molecule has 0 aliphatic carbocycles. The average molecular weight is 582 g/mol. The van der Waals surface area contributed by atoms with E-state index in [1.54, 1.807) is 23.9 Å².